The molecule has 0 spiro atoms. The summed E-state index contributed by atoms with van der Waals surface area (Å²) in [7, 11) is 2.02. The molecule has 1 heterocycles. The number of hydrogen-bond acceptors (Lipinski definition) is 3. The molecule has 0 amide bonds. The van der Waals surface area contributed by atoms with Gasteiger partial charge in [-0.3, -0.25) is 0 Å². The summed E-state index contributed by atoms with van der Waals surface area (Å²) < 4.78 is 8.63. The number of ether oxygens (including phenoxy) is 1. The lowest BCUT2D eigenvalue weighted by atomic mass is 10.1. The Labute approximate surface area is 150 Å². The van der Waals surface area contributed by atoms with Gasteiger partial charge in [-0.25, -0.2) is 4.98 Å². The number of halogens is 1. The lowest BCUT2D eigenvalue weighted by Gasteiger charge is -2.09. The van der Waals surface area contributed by atoms with E-state index in [2.05, 4.69) is 55.1 Å². The zero-order chi connectivity index (χ0) is 16.9. The van der Waals surface area contributed by atoms with Crippen molar-refractivity contribution in [3.05, 3.63) is 64.8 Å². The Morgan fingerprint density at radius 1 is 1.17 bits per heavy atom. The van der Waals surface area contributed by atoms with Crippen LogP contribution in [0.15, 0.2) is 59.2 Å². The number of imidazole rings is 1. The number of benzene rings is 2. The highest BCUT2D eigenvalue weighted by Crippen LogP contribution is 2.24. The molecule has 4 nitrogen and oxygen atoms in total. The number of nitrogens with one attached hydrogen (secondary N) is 1. The summed E-state index contributed by atoms with van der Waals surface area (Å²) in [6.07, 6.45) is 1.89. The lowest BCUT2D eigenvalue weighted by molar-refractivity contribution is 0.340. The minimum Gasteiger partial charge on any atom is -0.494 e. The van der Waals surface area contributed by atoms with E-state index in [4.69, 9.17) is 4.74 Å². The summed E-state index contributed by atoms with van der Waals surface area (Å²) >= 11 is 3.50. The van der Waals surface area contributed by atoms with Gasteiger partial charge in [-0.1, -0.05) is 28.1 Å². The molecule has 1 aromatic heterocycles. The van der Waals surface area contributed by atoms with Crippen LogP contribution in [0.3, 0.4) is 0 Å². The Morgan fingerprint density at radius 2 is 1.96 bits per heavy atom. The summed E-state index contributed by atoms with van der Waals surface area (Å²) in [5, 5.41) is 3.38. The van der Waals surface area contributed by atoms with E-state index in [0.29, 0.717) is 6.61 Å². The largest absolute Gasteiger partial charge is 0.494 e. The van der Waals surface area contributed by atoms with Gasteiger partial charge >= 0.3 is 0 Å². The molecule has 5 heteroatoms. The Bertz CT molecular complexity index is 812. The standard InChI is InChI=1S/C19H20BrN3O/c1-3-24-17-9-7-15(8-10-17)18-13-22-19(23(18)2)21-12-14-5-4-6-16(20)11-14/h4-11,13H,3,12H2,1-2H3,(H,21,22). The maximum atomic E-state index is 5.49. The van der Waals surface area contributed by atoms with Crippen molar-refractivity contribution in [1.29, 1.82) is 0 Å². The molecule has 2 aromatic carbocycles. The van der Waals surface area contributed by atoms with Gasteiger partial charge in [-0.2, -0.15) is 0 Å². The molecule has 0 unspecified atom stereocenters. The summed E-state index contributed by atoms with van der Waals surface area (Å²) in [6, 6.07) is 16.3. The van der Waals surface area contributed by atoms with Gasteiger partial charge in [-0.05, 0) is 48.9 Å². The third-order valence-electron chi connectivity index (χ3n) is 3.79. The molecule has 3 aromatic rings. The van der Waals surface area contributed by atoms with Crippen molar-refractivity contribution >= 4 is 21.9 Å². The summed E-state index contributed by atoms with van der Waals surface area (Å²) in [5.41, 5.74) is 3.38. The molecule has 124 valence electrons. The number of anilines is 1. The van der Waals surface area contributed by atoms with E-state index in [1.54, 1.807) is 0 Å². The molecule has 0 saturated carbocycles. The van der Waals surface area contributed by atoms with Crippen LogP contribution in [-0.4, -0.2) is 16.2 Å². The molecular weight excluding hydrogens is 366 g/mol. The highest BCUT2D eigenvalue weighted by molar-refractivity contribution is 9.10. The number of hydrogen-bond donors (Lipinski definition) is 1. The van der Waals surface area contributed by atoms with Crippen LogP contribution in [0, 0.1) is 0 Å². The van der Waals surface area contributed by atoms with Gasteiger partial charge in [0, 0.05) is 23.6 Å². The van der Waals surface area contributed by atoms with Gasteiger partial charge in [0.2, 0.25) is 5.95 Å². The fourth-order valence-corrected chi connectivity index (χ4v) is 3.01. The van der Waals surface area contributed by atoms with Crippen LogP contribution in [0.1, 0.15) is 12.5 Å². The molecule has 0 radical (unpaired) electrons. The van der Waals surface area contributed by atoms with E-state index < -0.39 is 0 Å². The van der Waals surface area contributed by atoms with Crippen LogP contribution in [0.2, 0.25) is 0 Å². The number of rotatable bonds is 6. The second-order valence-electron chi connectivity index (χ2n) is 5.47. The molecule has 0 aliphatic carbocycles. The van der Waals surface area contributed by atoms with Crippen LogP contribution in [0.4, 0.5) is 5.95 Å². The third-order valence-corrected chi connectivity index (χ3v) is 4.28. The minimum absolute atomic E-state index is 0.675. The first kappa shape index (κ1) is 16.6. The highest BCUT2D eigenvalue weighted by Gasteiger charge is 2.08. The molecule has 0 saturated heterocycles. The maximum absolute atomic E-state index is 5.49. The predicted octanol–water partition coefficient (Wildman–Crippen LogP) is 4.86. The van der Waals surface area contributed by atoms with Crippen LogP contribution in [-0.2, 0) is 13.6 Å². The number of nitrogens with zero attached hydrogens (tertiary/aromatic N) is 2. The van der Waals surface area contributed by atoms with Gasteiger partial charge in [0.25, 0.3) is 0 Å². The second kappa shape index (κ2) is 7.53. The van der Waals surface area contributed by atoms with Gasteiger partial charge in [0.1, 0.15) is 5.75 Å². The van der Waals surface area contributed by atoms with Crippen molar-refractivity contribution in [2.24, 2.45) is 7.05 Å². The SMILES string of the molecule is CCOc1ccc(-c2cnc(NCc3cccc(Br)c3)n2C)cc1. The summed E-state index contributed by atoms with van der Waals surface area (Å²) in [4.78, 5) is 4.50. The average Bonchev–Trinajstić information content (AvgIpc) is 2.95. The van der Waals surface area contributed by atoms with E-state index >= 15 is 0 Å². The molecule has 0 atom stereocenters. The Balaban J connectivity index is 1.73. The third kappa shape index (κ3) is 3.79. The van der Waals surface area contributed by atoms with E-state index in [0.717, 1.165) is 34.0 Å². The zero-order valence-corrected chi connectivity index (χ0v) is 15.4. The van der Waals surface area contributed by atoms with Crippen molar-refractivity contribution < 1.29 is 4.74 Å². The van der Waals surface area contributed by atoms with Gasteiger partial charge in [0.05, 0.1) is 18.5 Å². The van der Waals surface area contributed by atoms with Crippen molar-refractivity contribution in [2.75, 3.05) is 11.9 Å². The molecule has 1 N–H and O–H groups in total. The fraction of sp³-hybridized carbons (Fsp3) is 0.211. The first-order chi connectivity index (χ1) is 11.7. The molecular formula is C19H20BrN3O. The molecule has 3 rings (SSSR count). The maximum Gasteiger partial charge on any atom is 0.203 e. The van der Waals surface area contributed by atoms with Gasteiger partial charge < -0.3 is 14.6 Å². The number of aromatic nitrogens is 2. The van der Waals surface area contributed by atoms with Gasteiger partial charge in [0.15, 0.2) is 0 Å². The van der Waals surface area contributed by atoms with Crippen LogP contribution >= 0.6 is 15.9 Å². The van der Waals surface area contributed by atoms with Crippen molar-refractivity contribution in [1.82, 2.24) is 9.55 Å². The zero-order valence-electron chi connectivity index (χ0n) is 13.8. The topological polar surface area (TPSA) is 39.1 Å². The Hall–Kier alpha value is -2.27. The predicted molar refractivity (Wildman–Crippen MR) is 101 cm³/mol. The van der Waals surface area contributed by atoms with Gasteiger partial charge in [-0.15, -0.1) is 0 Å². The first-order valence-corrected chi connectivity index (χ1v) is 8.70. The van der Waals surface area contributed by atoms with E-state index in [1.807, 2.05) is 44.4 Å². The highest BCUT2D eigenvalue weighted by atomic mass is 79.9. The molecule has 24 heavy (non-hydrogen) atoms. The van der Waals surface area contributed by atoms with Crippen molar-refractivity contribution in [3.63, 3.8) is 0 Å². The van der Waals surface area contributed by atoms with E-state index in [-0.39, 0.29) is 0 Å². The van der Waals surface area contributed by atoms with Crippen molar-refractivity contribution in [2.45, 2.75) is 13.5 Å². The van der Waals surface area contributed by atoms with Crippen LogP contribution < -0.4 is 10.1 Å². The van der Waals surface area contributed by atoms with E-state index in [9.17, 15) is 0 Å². The quantitative estimate of drug-likeness (QED) is 0.658. The monoisotopic (exact) mass is 385 g/mol. The lowest BCUT2D eigenvalue weighted by Crippen LogP contribution is -2.05. The van der Waals surface area contributed by atoms with Crippen LogP contribution in [0.5, 0.6) is 5.75 Å². The summed E-state index contributed by atoms with van der Waals surface area (Å²) in [6.45, 7) is 3.39. The Morgan fingerprint density at radius 3 is 2.67 bits per heavy atom. The fourth-order valence-electron chi connectivity index (χ4n) is 2.56. The molecule has 0 fully saturated rings. The second-order valence-corrected chi connectivity index (χ2v) is 6.38. The first-order valence-electron chi connectivity index (χ1n) is 7.90. The normalized spacial score (nSPS) is 10.6. The van der Waals surface area contributed by atoms with Crippen LogP contribution in [0.25, 0.3) is 11.3 Å². The molecule has 0 aliphatic heterocycles. The minimum atomic E-state index is 0.675. The average molecular weight is 386 g/mol. The Kier molecular flexibility index (Phi) is 5.20. The summed E-state index contributed by atoms with van der Waals surface area (Å²) in [5.74, 6) is 1.73. The smallest absolute Gasteiger partial charge is 0.203 e. The molecule has 0 aliphatic rings. The van der Waals surface area contributed by atoms with E-state index in [1.165, 1.54) is 5.56 Å². The van der Waals surface area contributed by atoms with Crippen molar-refractivity contribution in [3.8, 4) is 17.0 Å². The molecule has 0 bridgehead atoms.